The van der Waals surface area contributed by atoms with E-state index in [4.69, 9.17) is 9.47 Å². The van der Waals surface area contributed by atoms with Gasteiger partial charge < -0.3 is 9.47 Å². The molecule has 0 aromatic rings. The van der Waals surface area contributed by atoms with Crippen molar-refractivity contribution in [3.05, 3.63) is 0 Å². The summed E-state index contributed by atoms with van der Waals surface area (Å²) in [5, 5.41) is 0. The van der Waals surface area contributed by atoms with Gasteiger partial charge in [-0.1, -0.05) is 20.8 Å². The average Bonchev–Trinajstić information content (AvgIpc) is 2.73. The summed E-state index contributed by atoms with van der Waals surface area (Å²) in [5.41, 5.74) is -1.18. The van der Waals surface area contributed by atoms with Crippen molar-refractivity contribution < 1.29 is 19.1 Å². The average molecular weight is 310 g/mol. The molecule has 0 heterocycles. The third-order valence-electron chi connectivity index (χ3n) is 6.11. The molecule has 4 nitrogen and oxygen atoms in total. The Balaban J connectivity index is 2.42. The predicted octanol–water partition coefficient (Wildman–Crippen LogP) is 3.73. The van der Waals surface area contributed by atoms with Gasteiger partial charge in [0.25, 0.3) is 0 Å². The predicted molar refractivity (Wildman–Crippen MR) is 84.2 cm³/mol. The van der Waals surface area contributed by atoms with Gasteiger partial charge in [0.05, 0.1) is 13.2 Å². The van der Waals surface area contributed by atoms with E-state index in [1.165, 1.54) is 0 Å². The molecule has 0 bridgehead atoms. The Bertz CT molecular complexity index is 436. The summed E-state index contributed by atoms with van der Waals surface area (Å²) in [6.45, 7) is 10.8. The lowest BCUT2D eigenvalue weighted by molar-refractivity contribution is -0.185. The van der Waals surface area contributed by atoms with Gasteiger partial charge in [-0.3, -0.25) is 9.59 Å². The van der Waals surface area contributed by atoms with Crippen molar-refractivity contribution in [1.29, 1.82) is 0 Å². The van der Waals surface area contributed by atoms with Gasteiger partial charge in [-0.15, -0.1) is 0 Å². The lowest BCUT2D eigenvalue weighted by atomic mass is 9.54. The Hall–Kier alpha value is -1.06. The first-order valence-electron chi connectivity index (χ1n) is 8.58. The van der Waals surface area contributed by atoms with Crippen LogP contribution in [-0.4, -0.2) is 25.2 Å². The van der Waals surface area contributed by atoms with E-state index in [1.807, 2.05) is 0 Å². The summed E-state index contributed by atoms with van der Waals surface area (Å²) in [5.74, 6) is -0.374. The number of hydrogen-bond acceptors (Lipinski definition) is 4. The first-order chi connectivity index (χ1) is 10.2. The SMILES string of the molecule is CCOC(=O)C1(C(=O)OCC)CC[C@H]2CC(C)(C)CC[C@@]21C. The number of carbonyl (C=O) groups is 2. The van der Waals surface area contributed by atoms with Crippen molar-refractivity contribution in [1.82, 2.24) is 0 Å². The third kappa shape index (κ3) is 2.44. The van der Waals surface area contributed by atoms with Crippen LogP contribution >= 0.6 is 0 Å². The highest BCUT2D eigenvalue weighted by molar-refractivity contribution is 6.01. The molecule has 0 spiro atoms. The second kappa shape index (κ2) is 5.86. The fourth-order valence-electron chi connectivity index (χ4n) is 4.72. The van der Waals surface area contributed by atoms with Crippen LogP contribution in [0.3, 0.4) is 0 Å². The zero-order valence-corrected chi connectivity index (χ0v) is 14.7. The molecule has 2 aliphatic rings. The van der Waals surface area contributed by atoms with Crippen LogP contribution in [-0.2, 0) is 19.1 Å². The molecule has 2 atom stereocenters. The highest BCUT2D eigenvalue weighted by atomic mass is 16.6. The quantitative estimate of drug-likeness (QED) is 0.586. The molecule has 22 heavy (non-hydrogen) atoms. The van der Waals surface area contributed by atoms with E-state index in [0.717, 1.165) is 25.7 Å². The summed E-state index contributed by atoms with van der Waals surface area (Å²) in [7, 11) is 0. The highest BCUT2D eigenvalue weighted by Crippen LogP contribution is 2.65. The van der Waals surface area contributed by atoms with Gasteiger partial charge in [-0.2, -0.15) is 0 Å². The molecule has 0 amide bonds. The minimum absolute atomic E-state index is 0.281. The topological polar surface area (TPSA) is 52.6 Å². The van der Waals surface area contributed by atoms with Gasteiger partial charge in [0.15, 0.2) is 5.41 Å². The van der Waals surface area contributed by atoms with E-state index in [0.29, 0.717) is 25.6 Å². The largest absolute Gasteiger partial charge is 0.465 e. The lowest BCUT2D eigenvalue weighted by Crippen LogP contribution is -2.54. The second-order valence-electron chi connectivity index (χ2n) is 7.87. The van der Waals surface area contributed by atoms with E-state index in [-0.39, 0.29) is 22.8 Å². The molecule has 0 N–H and O–H groups in total. The van der Waals surface area contributed by atoms with Crippen molar-refractivity contribution in [3.63, 3.8) is 0 Å². The molecule has 0 unspecified atom stereocenters. The number of esters is 2. The molecule has 2 aliphatic carbocycles. The molecule has 0 aromatic heterocycles. The van der Waals surface area contributed by atoms with Crippen LogP contribution in [0.1, 0.15) is 66.7 Å². The van der Waals surface area contributed by atoms with Crippen molar-refractivity contribution in [3.8, 4) is 0 Å². The number of carbonyl (C=O) groups excluding carboxylic acids is 2. The highest BCUT2D eigenvalue weighted by Gasteiger charge is 2.68. The lowest BCUT2D eigenvalue weighted by Gasteiger charge is -2.49. The summed E-state index contributed by atoms with van der Waals surface area (Å²) in [4.78, 5) is 25.6. The molecule has 2 saturated carbocycles. The smallest absolute Gasteiger partial charge is 0.324 e. The molecular formula is C18H30O4. The first-order valence-corrected chi connectivity index (χ1v) is 8.58. The molecule has 4 heteroatoms. The van der Waals surface area contributed by atoms with Crippen molar-refractivity contribution in [2.24, 2.45) is 22.2 Å². The maximum Gasteiger partial charge on any atom is 0.324 e. The maximum absolute atomic E-state index is 12.8. The van der Waals surface area contributed by atoms with Crippen LogP contribution in [0.4, 0.5) is 0 Å². The van der Waals surface area contributed by atoms with E-state index in [2.05, 4.69) is 20.8 Å². The number of rotatable bonds is 4. The zero-order chi connectivity index (χ0) is 16.6. The van der Waals surface area contributed by atoms with Crippen molar-refractivity contribution in [2.45, 2.75) is 66.7 Å². The van der Waals surface area contributed by atoms with Gasteiger partial charge in [-0.25, -0.2) is 0 Å². The molecule has 0 aromatic carbocycles. The van der Waals surface area contributed by atoms with Crippen LogP contribution in [0, 0.1) is 22.2 Å². The van der Waals surface area contributed by atoms with Crippen LogP contribution in [0.5, 0.6) is 0 Å². The minimum atomic E-state index is -1.11. The summed E-state index contributed by atoms with van der Waals surface area (Å²) < 4.78 is 10.6. The Labute approximate surface area is 133 Å². The number of hydrogen-bond donors (Lipinski definition) is 0. The van der Waals surface area contributed by atoms with Gasteiger partial charge in [0.2, 0.25) is 0 Å². The zero-order valence-electron chi connectivity index (χ0n) is 14.7. The summed E-state index contributed by atoms with van der Waals surface area (Å²) in [6, 6.07) is 0. The van der Waals surface area contributed by atoms with Crippen LogP contribution in [0.15, 0.2) is 0 Å². The maximum atomic E-state index is 12.8. The Morgan fingerprint density at radius 3 is 2.00 bits per heavy atom. The van der Waals surface area contributed by atoms with Gasteiger partial charge >= 0.3 is 11.9 Å². The van der Waals surface area contributed by atoms with Crippen molar-refractivity contribution in [2.75, 3.05) is 13.2 Å². The summed E-state index contributed by atoms with van der Waals surface area (Å²) in [6.07, 6.45) is 4.42. The first kappa shape index (κ1) is 17.3. The molecule has 126 valence electrons. The molecule has 2 rings (SSSR count). The molecule has 2 fully saturated rings. The van der Waals surface area contributed by atoms with Crippen LogP contribution in [0.2, 0.25) is 0 Å². The van der Waals surface area contributed by atoms with E-state index >= 15 is 0 Å². The normalized spacial score (nSPS) is 32.1. The van der Waals surface area contributed by atoms with Crippen LogP contribution < -0.4 is 0 Å². The molecule has 0 aliphatic heterocycles. The third-order valence-corrected chi connectivity index (χ3v) is 6.11. The molecule has 0 radical (unpaired) electrons. The number of ether oxygens (including phenoxy) is 2. The summed E-state index contributed by atoms with van der Waals surface area (Å²) >= 11 is 0. The molecular weight excluding hydrogens is 280 g/mol. The Kier molecular flexibility index (Phi) is 4.61. The van der Waals surface area contributed by atoms with Gasteiger partial charge in [-0.05, 0) is 62.7 Å². The Morgan fingerprint density at radius 2 is 1.50 bits per heavy atom. The van der Waals surface area contributed by atoms with Crippen LogP contribution in [0.25, 0.3) is 0 Å². The second-order valence-corrected chi connectivity index (χ2v) is 7.87. The van der Waals surface area contributed by atoms with E-state index in [1.54, 1.807) is 13.8 Å². The standard InChI is InChI=1S/C18H30O4/c1-6-21-14(19)18(15(20)22-7-2)9-8-13-12-16(3,4)10-11-17(13,18)5/h13H,6-12H2,1-5H3/t13-,17-/m0/s1. The van der Waals surface area contributed by atoms with E-state index < -0.39 is 5.41 Å². The van der Waals surface area contributed by atoms with Crippen molar-refractivity contribution >= 4 is 11.9 Å². The molecule has 0 saturated heterocycles. The monoisotopic (exact) mass is 310 g/mol. The fraction of sp³-hybridized carbons (Fsp3) is 0.889. The Morgan fingerprint density at radius 1 is 0.955 bits per heavy atom. The fourth-order valence-corrected chi connectivity index (χ4v) is 4.72. The number of fused-ring (bicyclic) bond motifs is 1. The van der Waals surface area contributed by atoms with E-state index in [9.17, 15) is 9.59 Å². The van der Waals surface area contributed by atoms with Gasteiger partial charge in [0.1, 0.15) is 0 Å². The minimum Gasteiger partial charge on any atom is -0.465 e. The van der Waals surface area contributed by atoms with Gasteiger partial charge in [0, 0.05) is 0 Å².